The first-order valence-corrected chi connectivity index (χ1v) is 10.8. The number of nitrogens with zero attached hydrogens (tertiary/aromatic N) is 3. The van der Waals surface area contributed by atoms with Gasteiger partial charge in [0, 0.05) is 37.6 Å². The van der Waals surface area contributed by atoms with E-state index in [4.69, 9.17) is 5.73 Å². The van der Waals surface area contributed by atoms with Gasteiger partial charge in [0.25, 0.3) is 0 Å². The molecular formula is C25H29FN4O. The van der Waals surface area contributed by atoms with Crippen molar-refractivity contribution in [3.8, 4) is 0 Å². The Morgan fingerprint density at radius 1 is 1.32 bits per heavy atom. The van der Waals surface area contributed by atoms with Gasteiger partial charge in [0.05, 0.1) is 6.54 Å². The number of aryl methyl sites for hydroxylation is 2. The Hall–Kier alpha value is -2.99. The van der Waals surface area contributed by atoms with E-state index in [9.17, 15) is 9.18 Å². The third-order valence-electron chi connectivity index (χ3n) is 6.24. The minimum absolute atomic E-state index is 0.00819. The Kier molecular flexibility index (Phi) is 6.18. The Balaban J connectivity index is 1.64. The Morgan fingerprint density at radius 2 is 2.13 bits per heavy atom. The smallest absolute Gasteiger partial charge is 0.228 e. The standard InChI is InChI=1S/C25H29FN4O/c1-17(20-7-3-4-8-22(20)26)14-25(31)30(16-24-28-12-13-29(24)2)19-11-10-18-6-5-9-23(27)21(18)15-19/h3-4,7-8,10-13,15,17,23H,5-6,9,14,16,27H2,1-2H3. The van der Waals surface area contributed by atoms with Gasteiger partial charge in [-0.2, -0.15) is 0 Å². The summed E-state index contributed by atoms with van der Waals surface area (Å²) in [7, 11) is 1.91. The van der Waals surface area contributed by atoms with Crippen molar-refractivity contribution in [2.75, 3.05) is 4.90 Å². The summed E-state index contributed by atoms with van der Waals surface area (Å²) in [5.41, 5.74) is 10.1. The zero-order valence-corrected chi connectivity index (χ0v) is 18.1. The second-order valence-electron chi connectivity index (χ2n) is 8.44. The van der Waals surface area contributed by atoms with Crippen LogP contribution in [0, 0.1) is 5.82 Å². The zero-order valence-electron chi connectivity index (χ0n) is 18.1. The molecule has 0 spiro atoms. The predicted molar refractivity (Wildman–Crippen MR) is 120 cm³/mol. The maximum absolute atomic E-state index is 14.3. The number of anilines is 1. The van der Waals surface area contributed by atoms with Crippen molar-refractivity contribution in [2.45, 2.75) is 51.1 Å². The van der Waals surface area contributed by atoms with Gasteiger partial charge in [-0.25, -0.2) is 9.37 Å². The van der Waals surface area contributed by atoms with Crippen molar-refractivity contribution in [3.63, 3.8) is 0 Å². The molecule has 0 radical (unpaired) electrons. The van der Waals surface area contributed by atoms with Crippen LogP contribution in [0.2, 0.25) is 0 Å². The van der Waals surface area contributed by atoms with Crippen LogP contribution < -0.4 is 10.6 Å². The summed E-state index contributed by atoms with van der Waals surface area (Å²) in [6.45, 7) is 2.23. The summed E-state index contributed by atoms with van der Waals surface area (Å²) in [6.07, 6.45) is 6.85. The Morgan fingerprint density at radius 3 is 2.87 bits per heavy atom. The first kappa shape index (κ1) is 21.2. The topological polar surface area (TPSA) is 64.2 Å². The van der Waals surface area contributed by atoms with Crippen LogP contribution in [0.15, 0.2) is 54.9 Å². The number of nitrogens with two attached hydrogens (primary N) is 1. The van der Waals surface area contributed by atoms with Crippen LogP contribution in [0.25, 0.3) is 0 Å². The quantitative estimate of drug-likeness (QED) is 0.633. The lowest BCUT2D eigenvalue weighted by atomic mass is 9.87. The van der Waals surface area contributed by atoms with Crippen molar-refractivity contribution in [1.82, 2.24) is 9.55 Å². The highest BCUT2D eigenvalue weighted by Gasteiger charge is 2.24. The van der Waals surface area contributed by atoms with E-state index in [0.717, 1.165) is 36.3 Å². The lowest BCUT2D eigenvalue weighted by Crippen LogP contribution is -2.33. The summed E-state index contributed by atoms with van der Waals surface area (Å²) in [5, 5.41) is 0. The number of hydrogen-bond donors (Lipinski definition) is 1. The summed E-state index contributed by atoms with van der Waals surface area (Å²) in [6, 6.07) is 12.8. The van der Waals surface area contributed by atoms with Gasteiger partial charge < -0.3 is 15.2 Å². The molecule has 0 aliphatic heterocycles. The second-order valence-corrected chi connectivity index (χ2v) is 8.44. The van der Waals surface area contributed by atoms with E-state index in [1.165, 1.54) is 11.6 Å². The summed E-state index contributed by atoms with van der Waals surface area (Å²) >= 11 is 0. The van der Waals surface area contributed by atoms with Crippen molar-refractivity contribution >= 4 is 11.6 Å². The normalized spacial score (nSPS) is 16.6. The zero-order chi connectivity index (χ0) is 22.0. The Bertz CT molecular complexity index is 1080. The summed E-state index contributed by atoms with van der Waals surface area (Å²) in [4.78, 5) is 19.6. The maximum Gasteiger partial charge on any atom is 0.228 e. The lowest BCUT2D eigenvalue weighted by molar-refractivity contribution is -0.119. The van der Waals surface area contributed by atoms with Crippen LogP contribution in [0.1, 0.15) is 60.7 Å². The Labute approximate surface area is 182 Å². The van der Waals surface area contributed by atoms with Gasteiger partial charge in [0.1, 0.15) is 11.6 Å². The fourth-order valence-corrected chi connectivity index (χ4v) is 4.36. The van der Waals surface area contributed by atoms with Crippen LogP contribution in [0.4, 0.5) is 10.1 Å². The molecule has 2 aromatic carbocycles. The van der Waals surface area contributed by atoms with E-state index < -0.39 is 0 Å². The summed E-state index contributed by atoms with van der Waals surface area (Å²) in [5.74, 6) is 0.202. The molecule has 162 valence electrons. The molecule has 5 nitrogen and oxygen atoms in total. The van der Waals surface area contributed by atoms with Crippen molar-refractivity contribution in [1.29, 1.82) is 0 Å². The third kappa shape index (κ3) is 4.54. The molecule has 1 aromatic heterocycles. The molecule has 2 unspecified atom stereocenters. The first-order valence-electron chi connectivity index (χ1n) is 10.8. The highest BCUT2D eigenvalue weighted by molar-refractivity contribution is 5.93. The molecule has 1 amide bonds. The van der Waals surface area contributed by atoms with Crippen LogP contribution in [0.5, 0.6) is 0 Å². The van der Waals surface area contributed by atoms with Crippen molar-refractivity contribution < 1.29 is 9.18 Å². The molecule has 1 aliphatic rings. The van der Waals surface area contributed by atoms with Gasteiger partial charge in [0.2, 0.25) is 5.91 Å². The van der Waals surface area contributed by atoms with Crippen molar-refractivity contribution in [3.05, 3.63) is 83.2 Å². The molecule has 4 rings (SSSR count). The summed E-state index contributed by atoms with van der Waals surface area (Å²) < 4.78 is 16.2. The molecular weight excluding hydrogens is 391 g/mol. The number of aromatic nitrogens is 2. The minimum atomic E-state index is -0.279. The number of benzene rings is 2. The van der Waals surface area contributed by atoms with E-state index in [0.29, 0.717) is 12.1 Å². The van der Waals surface area contributed by atoms with Crippen LogP contribution in [0.3, 0.4) is 0 Å². The van der Waals surface area contributed by atoms with E-state index in [1.807, 2.05) is 36.9 Å². The fraction of sp³-hybridized carbons (Fsp3) is 0.360. The first-order chi connectivity index (χ1) is 14.9. The van der Waals surface area contributed by atoms with E-state index in [-0.39, 0.29) is 30.1 Å². The monoisotopic (exact) mass is 420 g/mol. The molecule has 1 heterocycles. The average molecular weight is 421 g/mol. The minimum Gasteiger partial charge on any atom is -0.337 e. The fourth-order valence-electron chi connectivity index (χ4n) is 4.36. The molecule has 2 atom stereocenters. The molecule has 0 saturated heterocycles. The molecule has 1 aliphatic carbocycles. The highest BCUT2D eigenvalue weighted by Crippen LogP contribution is 2.33. The average Bonchev–Trinajstić information content (AvgIpc) is 3.16. The van der Waals surface area contributed by atoms with Gasteiger partial charge in [-0.15, -0.1) is 0 Å². The molecule has 0 saturated carbocycles. The molecule has 3 aromatic rings. The molecule has 0 fully saturated rings. The number of carbonyl (C=O) groups is 1. The van der Waals surface area contributed by atoms with Crippen LogP contribution in [-0.2, 0) is 24.8 Å². The van der Waals surface area contributed by atoms with Gasteiger partial charge in [-0.3, -0.25) is 4.79 Å². The number of amides is 1. The number of carbonyl (C=O) groups excluding carboxylic acids is 1. The largest absolute Gasteiger partial charge is 0.337 e. The van der Waals surface area contributed by atoms with Gasteiger partial charge in [0.15, 0.2) is 0 Å². The molecule has 6 heteroatoms. The third-order valence-corrected chi connectivity index (χ3v) is 6.24. The van der Waals surface area contributed by atoms with Gasteiger partial charge in [-0.1, -0.05) is 31.2 Å². The van der Waals surface area contributed by atoms with E-state index in [2.05, 4.69) is 11.1 Å². The number of fused-ring (bicyclic) bond motifs is 1. The maximum atomic E-state index is 14.3. The number of hydrogen-bond acceptors (Lipinski definition) is 3. The van der Waals surface area contributed by atoms with Gasteiger partial charge >= 0.3 is 0 Å². The van der Waals surface area contributed by atoms with E-state index in [1.54, 1.807) is 29.3 Å². The number of halogens is 1. The second kappa shape index (κ2) is 9.02. The van der Waals surface area contributed by atoms with E-state index >= 15 is 0 Å². The van der Waals surface area contributed by atoms with Gasteiger partial charge in [-0.05, 0) is 60.1 Å². The van der Waals surface area contributed by atoms with Crippen LogP contribution in [-0.4, -0.2) is 15.5 Å². The van der Waals surface area contributed by atoms with Crippen molar-refractivity contribution in [2.24, 2.45) is 12.8 Å². The highest BCUT2D eigenvalue weighted by atomic mass is 19.1. The number of imidazole rings is 1. The molecule has 31 heavy (non-hydrogen) atoms. The molecule has 2 N–H and O–H groups in total. The lowest BCUT2D eigenvalue weighted by Gasteiger charge is -2.28. The molecule has 0 bridgehead atoms. The predicted octanol–water partition coefficient (Wildman–Crippen LogP) is 4.62. The van der Waals surface area contributed by atoms with Crippen LogP contribution >= 0.6 is 0 Å². The number of rotatable bonds is 6. The SMILES string of the molecule is CC(CC(=O)N(Cc1nccn1C)c1ccc2c(c1)C(N)CCC2)c1ccccc1F.